The van der Waals surface area contributed by atoms with E-state index in [1.807, 2.05) is 17.5 Å². The third kappa shape index (κ3) is 2.92. The van der Waals surface area contributed by atoms with E-state index < -0.39 is 0 Å². The van der Waals surface area contributed by atoms with E-state index >= 15 is 0 Å². The van der Waals surface area contributed by atoms with Crippen LogP contribution in [-0.2, 0) is 0 Å². The predicted molar refractivity (Wildman–Crippen MR) is 93.4 cm³/mol. The van der Waals surface area contributed by atoms with Crippen molar-refractivity contribution in [3.8, 4) is 0 Å². The third-order valence-corrected chi connectivity index (χ3v) is 5.09. The van der Waals surface area contributed by atoms with Gasteiger partial charge >= 0.3 is 6.03 Å². The van der Waals surface area contributed by atoms with Crippen LogP contribution in [0.2, 0.25) is 5.02 Å². The second-order valence-corrected chi connectivity index (χ2v) is 6.93. The second kappa shape index (κ2) is 6.33. The van der Waals surface area contributed by atoms with Gasteiger partial charge in [0.2, 0.25) is 0 Å². The highest BCUT2D eigenvalue weighted by molar-refractivity contribution is 7.09. The topological polar surface area (TPSA) is 70.0 Å². The van der Waals surface area contributed by atoms with Crippen LogP contribution in [0.15, 0.2) is 57.3 Å². The summed E-state index contributed by atoms with van der Waals surface area (Å²) in [6, 6.07) is 6.83. The molecule has 0 spiro atoms. The fourth-order valence-corrected chi connectivity index (χ4v) is 3.73. The molecule has 6 nitrogen and oxygen atoms in total. The van der Waals surface area contributed by atoms with E-state index in [2.05, 4.69) is 20.5 Å². The standard InChI is InChI=1S/C16H14ClN5OS/c17-10-2-1-3-11(8-10)19-16(23)22-6-4-13-12(9-22)14(21-20-13)15-18-5-7-24-15/h1-3,5,7-8,14H,4,6,9H2,(H,19,23). The van der Waals surface area contributed by atoms with E-state index in [1.54, 1.807) is 34.6 Å². The Balaban J connectivity index is 1.48. The van der Waals surface area contributed by atoms with Crippen LogP contribution in [0.1, 0.15) is 17.5 Å². The van der Waals surface area contributed by atoms with Crippen molar-refractivity contribution in [2.24, 2.45) is 10.2 Å². The van der Waals surface area contributed by atoms with Gasteiger partial charge in [0.05, 0.1) is 5.70 Å². The molecule has 3 heterocycles. The molecule has 0 saturated heterocycles. The first-order valence-corrected chi connectivity index (χ1v) is 8.80. The van der Waals surface area contributed by atoms with Crippen molar-refractivity contribution < 1.29 is 4.79 Å². The molecule has 0 bridgehead atoms. The van der Waals surface area contributed by atoms with Gasteiger partial charge in [-0.3, -0.25) is 0 Å². The molecule has 0 radical (unpaired) electrons. The van der Waals surface area contributed by atoms with Gasteiger partial charge in [0.1, 0.15) is 11.0 Å². The van der Waals surface area contributed by atoms with Crippen molar-refractivity contribution >= 4 is 34.7 Å². The number of urea groups is 1. The molecule has 0 saturated carbocycles. The number of nitrogens with zero attached hydrogens (tertiary/aromatic N) is 4. The number of azo groups is 1. The fraction of sp³-hybridized carbons (Fsp3) is 0.250. The molecular weight excluding hydrogens is 346 g/mol. The predicted octanol–water partition coefficient (Wildman–Crippen LogP) is 4.50. The highest BCUT2D eigenvalue weighted by Gasteiger charge is 2.33. The number of carbonyl (C=O) groups is 1. The van der Waals surface area contributed by atoms with Gasteiger partial charge < -0.3 is 10.2 Å². The van der Waals surface area contributed by atoms with Gasteiger partial charge in [-0.05, 0) is 18.2 Å². The Hall–Kier alpha value is -2.25. The number of amides is 2. The van der Waals surface area contributed by atoms with Crippen molar-refractivity contribution in [1.82, 2.24) is 9.88 Å². The van der Waals surface area contributed by atoms with Crippen LogP contribution < -0.4 is 5.32 Å². The first kappa shape index (κ1) is 15.3. The summed E-state index contributed by atoms with van der Waals surface area (Å²) in [5.74, 6) is 0. The Morgan fingerprint density at radius 3 is 3.12 bits per heavy atom. The maximum absolute atomic E-state index is 12.5. The first-order chi connectivity index (χ1) is 11.7. The van der Waals surface area contributed by atoms with Gasteiger partial charge in [-0.25, -0.2) is 9.78 Å². The molecule has 2 aliphatic rings. The Morgan fingerprint density at radius 1 is 1.42 bits per heavy atom. The zero-order valence-electron chi connectivity index (χ0n) is 12.6. The number of rotatable bonds is 2. The maximum Gasteiger partial charge on any atom is 0.322 e. The molecule has 2 aliphatic heterocycles. The number of hydrogen-bond donors (Lipinski definition) is 1. The largest absolute Gasteiger partial charge is 0.322 e. The van der Waals surface area contributed by atoms with Gasteiger partial charge in [-0.15, -0.1) is 11.3 Å². The quantitative estimate of drug-likeness (QED) is 0.857. The summed E-state index contributed by atoms with van der Waals surface area (Å²) in [5, 5.41) is 14.9. The lowest BCUT2D eigenvalue weighted by atomic mass is 10.0. The monoisotopic (exact) mass is 359 g/mol. The SMILES string of the molecule is O=C(Nc1cccc(Cl)c1)N1CCC2=C(C1)C(c1nccs1)N=N2. The molecule has 1 N–H and O–H groups in total. The van der Waals surface area contributed by atoms with Crippen molar-refractivity contribution in [2.75, 3.05) is 18.4 Å². The van der Waals surface area contributed by atoms with Crippen molar-refractivity contribution in [1.29, 1.82) is 0 Å². The number of thiazole rings is 1. The normalized spacial score (nSPS) is 19.5. The molecular formula is C16H14ClN5OS. The molecule has 1 aromatic carbocycles. The van der Waals surface area contributed by atoms with Crippen LogP contribution in [0.5, 0.6) is 0 Å². The summed E-state index contributed by atoms with van der Waals surface area (Å²) in [5.41, 5.74) is 2.74. The second-order valence-electron chi connectivity index (χ2n) is 5.57. The van der Waals surface area contributed by atoms with Crippen LogP contribution in [0.25, 0.3) is 0 Å². The lowest BCUT2D eigenvalue weighted by molar-refractivity contribution is 0.213. The summed E-state index contributed by atoms with van der Waals surface area (Å²) in [6.45, 7) is 1.13. The molecule has 24 heavy (non-hydrogen) atoms. The molecule has 8 heteroatoms. The lowest BCUT2D eigenvalue weighted by Gasteiger charge is -2.28. The van der Waals surface area contributed by atoms with E-state index in [1.165, 1.54) is 0 Å². The van der Waals surface area contributed by atoms with Gasteiger partial charge in [0, 0.05) is 47.4 Å². The number of nitrogens with one attached hydrogen (secondary N) is 1. The van der Waals surface area contributed by atoms with Gasteiger partial charge in [-0.1, -0.05) is 17.7 Å². The van der Waals surface area contributed by atoms with Crippen LogP contribution >= 0.6 is 22.9 Å². The van der Waals surface area contributed by atoms with Crippen LogP contribution in [-0.4, -0.2) is 29.0 Å². The van der Waals surface area contributed by atoms with E-state index in [-0.39, 0.29) is 12.1 Å². The molecule has 1 unspecified atom stereocenters. The Morgan fingerprint density at radius 2 is 2.33 bits per heavy atom. The minimum atomic E-state index is -0.151. The first-order valence-electron chi connectivity index (χ1n) is 7.54. The number of halogens is 1. The van der Waals surface area contributed by atoms with Crippen LogP contribution in [0.4, 0.5) is 10.5 Å². The van der Waals surface area contributed by atoms with Crippen LogP contribution in [0, 0.1) is 0 Å². The third-order valence-electron chi connectivity index (χ3n) is 4.02. The number of anilines is 1. The molecule has 122 valence electrons. The average Bonchev–Trinajstić information content (AvgIpc) is 3.23. The van der Waals surface area contributed by atoms with Crippen LogP contribution in [0.3, 0.4) is 0 Å². The van der Waals surface area contributed by atoms with Crippen molar-refractivity contribution in [3.63, 3.8) is 0 Å². The number of aromatic nitrogens is 1. The molecule has 2 aromatic rings. The Labute approximate surface area is 147 Å². The summed E-state index contributed by atoms with van der Waals surface area (Å²) in [6.07, 6.45) is 2.48. The number of hydrogen-bond acceptors (Lipinski definition) is 5. The minimum Gasteiger partial charge on any atom is -0.320 e. The van der Waals surface area contributed by atoms with E-state index in [4.69, 9.17) is 11.6 Å². The van der Waals surface area contributed by atoms with Crippen molar-refractivity contribution in [2.45, 2.75) is 12.5 Å². The summed E-state index contributed by atoms with van der Waals surface area (Å²) >= 11 is 7.52. The molecule has 1 aromatic heterocycles. The lowest BCUT2D eigenvalue weighted by Crippen LogP contribution is -2.40. The summed E-state index contributed by atoms with van der Waals surface area (Å²) in [4.78, 5) is 18.6. The molecule has 4 rings (SSSR count). The minimum absolute atomic E-state index is 0.145. The van der Waals surface area contributed by atoms with Gasteiger partial charge in [0.25, 0.3) is 0 Å². The Bertz CT molecular complexity index is 833. The fourth-order valence-electron chi connectivity index (χ4n) is 2.84. The van der Waals surface area contributed by atoms with Crippen molar-refractivity contribution in [3.05, 3.63) is 57.1 Å². The maximum atomic E-state index is 12.5. The van der Waals surface area contributed by atoms with Gasteiger partial charge in [0.15, 0.2) is 0 Å². The zero-order valence-corrected chi connectivity index (χ0v) is 14.2. The van der Waals surface area contributed by atoms with E-state index in [9.17, 15) is 4.79 Å². The number of carbonyl (C=O) groups excluding carboxylic acids is 1. The smallest absolute Gasteiger partial charge is 0.320 e. The Kier molecular flexibility index (Phi) is 4.03. The van der Waals surface area contributed by atoms with E-state index in [0.29, 0.717) is 30.2 Å². The molecule has 2 amide bonds. The highest BCUT2D eigenvalue weighted by atomic mass is 35.5. The highest BCUT2D eigenvalue weighted by Crippen LogP contribution is 2.39. The molecule has 0 fully saturated rings. The number of benzene rings is 1. The summed E-state index contributed by atoms with van der Waals surface area (Å²) in [7, 11) is 0. The molecule has 0 aliphatic carbocycles. The summed E-state index contributed by atoms with van der Waals surface area (Å²) < 4.78 is 0. The average molecular weight is 360 g/mol. The van der Waals surface area contributed by atoms with Gasteiger partial charge in [-0.2, -0.15) is 10.2 Å². The molecule has 1 atom stereocenters. The zero-order chi connectivity index (χ0) is 16.5. The van der Waals surface area contributed by atoms with E-state index in [0.717, 1.165) is 16.3 Å².